The lowest BCUT2D eigenvalue weighted by Crippen LogP contribution is -2.16. The van der Waals surface area contributed by atoms with E-state index in [1.165, 1.54) is 50.1 Å². The van der Waals surface area contributed by atoms with Crippen LogP contribution in [-0.2, 0) is 5.41 Å². The Hall–Kier alpha value is -9.96. The number of para-hydroxylation sites is 2. The van der Waals surface area contributed by atoms with Crippen LogP contribution in [-0.4, -0.2) is 0 Å². The van der Waals surface area contributed by atoms with E-state index in [1.54, 1.807) is 0 Å². The predicted molar refractivity (Wildman–Crippen MR) is 325 cm³/mol. The number of furan rings is 2. The zero-order valence-corrected chi connectivity index (χ0v) is 43.1. The van der Waals surface area contributed by atoms with Gasteiger partial charge in [0.2, 0.25) is 0 Å². The van der Waals surface area contributed by atoms with Crippen molar-refractivity contribution in [1.82, 2.24) is 0 Å². The van der Waals surface area contributed by atoms with Crippen LogP contribution in [0, 0.1) is 0 Å². The first-order chi connectivity index (χ1) is 38.5. The zero-order valence-electron chi connectivity index (χ0n) is 43.1. The summed E-state index contributed by atoms with van der Waals surface area (Å²) in [6.45, 7) is 4.72. The van der Waals surface area contributed by atoms with Crippen molar-refractivity contribution in [2.45, 2.75) is 19.3 Å². The van der Waals surface area contributed by atoms with E-state index in [0.29, 0.717) is 0 Å². The lowest BCUT2D eigenvalue weighted by Gasteiger charge is -2.28. The summed E-state index contributed by atoms with van der Waals surface area (Å²) in [4.78, 5) is 2.42. The normalized spacial score (nSPS) is 12.8. The molecule has 78 heavy (non-hydrogen) atoms. The highest BCUT2D eigenvalue weighted by Crippen LogP contribution is 2.55. The molecule has 366 valence electrons. The van der Waals surface area contributed by atoms with Gasteiger partial charge >= 0.3 is 0 Å². The fourth-order valence-electron chi connectivity index (χ4n) is 13.3. The third-order valence-corrected chi connectivity index (χ3v) is 16.9. The molecule has 0 saturated carbocycles. The lowest BCUT2D eigenvalue weighted by molar-refractivity contribution is 0.660. The number of anilines is 3. The average molecular weight is 996 g/mol. The molecule has 0 atom stereocenters. The Kier molecular flexibility index (Phi) is 9.68. The van der Waals surface area contributed by atoms with Crippen molar-refractivity contribution in [3.63, 3.8) is 0 Å². The van der Waals surface area contributed by atoms with Gasteiger partial charge in [-0.15, -0.1) is 0 Å². The van der Waals surface area contributed by atoms with E-state index >= 15 is 0 Å². The molecule has 0 N–H and O–H groups in total. The van der Waals surface area contributed by atoms with Gasteiger partial charge in [-0.2, -0.15) is 0 Å². The van der Waals surface area contributed by atoms with Gasteiger partial charge in [0.05, 0.1) is 0 Å². The third kappa shape index (κ3) is 6.58. The quantitative estimate of drug-likeness (QED) is 0.166. The molecule has 0 unspecified atom stereocenters. The number of rotatable bonds is 6. The summed E-state index contributed by atoms with van der Waals surface area (Å²) in [6, 6.07) is 95.2. The van der Waals surface area contributed by atoms with Crippen molar-refractivity contribution in [2.75, 3.05) is 4.90 Å². The minimum atomic E-state index is -0.162. The lowest BCUT2D eigenvalue weighted by atomic mass is 9.78. The highest BCUT2D eigenvalue weighted by molar-refractivity contribution is 6.19. The van der Waals surface area contributed by atoms with Gasteiger partial charge in [-0.05, 0) is 144 Å². The van der Waals surface area contributed by atoms with Gasteiger partial charge in [0.1, 0.15) is 22.3 Å². The van der Waals surface area contributed by atoms with E-state index in [9.17, 15) is 0 Å². The Morgan fingerprint density at radius 3 is 1.56 bits per heavy atom. The van der Waals surface area contributed by atoms with Crippen LogP contribution in [0.1, 0.15) is 25.0 Å². The number of hydrogen-bond donors (Lipinski definition) is 0. The molecule has 3 heteroatoms. The molecule has 0 aliphatic heterocycles. The van der Waals surface area contributed by atoms with Crippen LogP contribution >= 0.6 is 0 Å². The molecule has 0 spiro atoms. The van der Waals surface area contributed by atoms with Crippen LogP contribution in [0.15, 0.2) is 270 Å². The van der Waals surface area contributed by atoms with Crippen molar-refractivity contribution < 1.29 is 8.83 Å². The summed E-state index contributed by atoms with van der Waals surface area (Å²) in [7, 11) is 0. The summed E-state index contributed by atoms with van der Waals surface area (Å²) < 4.78 is 13.6. The molecule has 0 radical (unpaired) electrons. The minimum absolute atomic E-state index is 0.162. The Morgan fingerprint density at radius 2 is 0.782 bits per heavy atom. The standard InChI is InChI=1S/C75H49NO2/c1-75(2)66-30-12-10-22-58(66)59-42-41-51(45-67(59)75)76(50-39-35-48(36-40-50)53-26-16-32-69-71(53)64-24-11-13-31-68(64)77-69)49-37-33-47(34-38-49)52-25-14-29-65-70(52)60-23-9-8-20-56(60)55-19-6-7-21-57(55)61-43-44-63-62-28-15-27-54(46-17-4-3-5-18-46)73(62)78-74(63)72(61)65/h3-45H,1-2H3. The highest BCUT2D eigenvalue weighted by atomic mass is 16.3. The first-order valence-electron chi connectivity index (χ1n) is 27.0. The monoisotopic (exact) mass is 995 g/mol. The smallest absolute Gasteiger partial charge is 0.143 e. The first kappa shape index (κ1) is 44.3. The molecule has 0 amide bonds. The van der Waals surface area contributed by atoms with Crippen LogP contribution in [0.4, 0.5) is 17.1 Å². The Labute approximate surface area is 452 Å². The summed E-state index contributed by atoms with van der Waals surface area (Å²) in [5.41, 5.74) is 28.1. The van der Waals surface area contributed by atoms with E-state index in [1.807, 2.05) is 6.07 Å². The van der Waals surface area contributed by atoms with Gasteiger partial charge in [-0.25, -0.2) is 0 Å². The maximum Gasteiger partial charge on any atom is 0.143 e. The van der Waals surface area contributed by atoms with Crippen molar-refractivity contribution in [3.05, 3.63) is 272 Å². The van der Waals surface area contributed by atoms with Crippen molar-refractivity contribution in [1.29, 1.82) is 0 Å². The highest BCUT2D eigenvalue weighted by Gasteiger charge is 2.36. The number of benzene rings is 12. The molecule has 2 aliphatic rings. The van der Waals surface area contributed by atoms with Gasteiger partial charge in [0, 0.05) is 55.1 Å². The van der Waals surface area contributed by atoms with Crippen LogP contribution in [0.2, 0.25) is 0 Å². The SMILES string of the molecule is CC1(C)c2ccccc2-c2ccc(N(c3ccc(-c4cccc5c4-c4ccccc4-c4ccccc4-c4ccc6c(oc7c(-c8ccccc8)cccc76)c4-5)cc3)c3ccc(-c4cccc5oc6ccccc6c45)cc3)cc21. The molecule has 2 heterocycles. The van der Waals surface area contributed by atoms with E-state index in [-0.39, 0.29) is 5.41 Å². The van der Waals surface area contributed by atoms with E-state index < -0.39 is 0 Å². The van der Waals surface area contributed by atoms with Crippen molar-refractivity contribution in [3.8, 4) is 89.0 Å². The summed E-state index contributed by atoms with van der Waals surface area (Å²) >= 11 is 0. The summed E-state index contributed by atoms with van der Waals surface area (Å²) in [5, 5.41) is 4.47. The van der Waals surface area contributed by atoms with Crippen LogP contribution in [0.5, 0.6) is 0 Å². The topological polar surface area (TPSA) is 29.5 Å². The van der Waals surface area contributed by atoms with Gasteiger partial charge in [-0.3, -0.25) is 0 Å². The molecule has 0 bridgehead atoms. The van der Waals surface area contributed by atoms with Gasteiger partial charge in [-0.1, -0.05) is 220 Å². The van der Waals surface area contributed by atoms with Crippen LogP contribution in [0.3, 0.4) is 0 Å². The number of nitrogens with zero attached hydrogens (tertiary/aromatic N) is 1. The summed E-state index contributed by atoms with van der Waals surface area (Å²) in [5.74, 6) is 0. The molecule has 14 aromatic rings. The number of fused-ring (bicyclic) bond motifs is 18. The molecule has 0 fully saturated rings. The maximum atomic E-state index is 7.28. The fraction of sp³-hybridized carbons (Fsp3) is 0.0400. The molecule has 0 saturated heterocycles. The Balaban J connectivity index is 0.875. The molecule has 12 aromatic carbocycles. The van der Waals surface area contributed by atoms with Crippen molar-refractivity contribution >= 4 is 60.9 Å². The molecule has 2 aromatic heterocycles. The van der Waals surface area contributed by atoms with Crippen LogP contribution < -0.4 is 4.90 Å². The zero-order chi connectivity index (χ0) is 51.6. The number of hydrogen-bond acceptors (Lipinski definition) is 3. The van der Waals surface area contributed by atoms with Gasteiger partial charge < -0.3 is 13.7 Å². The maximum absolute atomic E-state index is 7.28. The van der Waals surface area contributed by atoms with Gasteiger partial charge in [0.25, 0.3) is 0 Å². The fourth-order valence-corrected chi connectivity index (χ4v) is 13.3. The average Bonchev–Trinajstić information content (AvgIpc) is 4.20. The third-order valence-electron chi connectivity index (χ3n) is 16.9. The second-order valence-electron chi connectivity index (χ2n) is 21.4. The Bertz CT molecular complexity index is 4750. The molecular weight excluding hydrogens is 947 g/mol. The molecule has 16 rings (SSSR count). The first-order valence-corrected chi connectivity index (χ1v) is 27.0. The van der Waals surface area contributed by atoms with E-state index in [0.717, 1.165) is 111 Å². The minimum Gasteiger partial charge on any atom is -0.456 e. The predicted octanol–water partition coefficient (Wildman–Crippen LogP) is 21.2. The van der Waals surface area contributed by atoms with Crippen molar-refractivity contribution in [2.24, 2.45) is 0 Å². The molecule has 2 aliphatic carbocycles. The second-order valence-corrected chi connectivity index (χ2v) is 21.4. The Morgan fingerprint density at radius 1 is 0.282 bits per heavy atom. The summed E-state index contributed by atoms with van der Waals surface area (Å²) in [6.07, 6.45) is 0. The van der Waals surface area contributed by atoms with Gasteiger partial charge in [0.15, 0.2) is 0 Å². The van der Waals surface area contributed by atoms with Crippen LogP contribution in [0.25, 0.3) is 133 Å². The van der Waals surface area contributed by atoms with E-state index in [2.05, 4.69) is 274 Å². The van der Waals surface area contributed by atoms with E-state index in [4.69, 9.17) is 8.83 Å². The molecular formula is C75H49NO2. The largest absolute Gasteiger partial charge is 0.456 e. The molecule has 3 nitrogen and oxygen atoms in total. The second kappa shape index (κ2) is 17.0.